The highest BCUT2D eigenvalue weighted by atomic mass is 16.5. The number of nitrogens with two attached hydrogens (primary N) is 1. The Kier molecular flexibility index (Phi) is 3.64. The molecule has 0 aromatic carbocycles. The molecule has 0 amide bonds. The van der Waals surface area contributed by atoms with E-state index in [1.54, 1.807) is 0 Å². The van der Waals surface area contributed by atoms with Gasteiger partial charge in [0.25, 0.3) is 0 Å². The highest BCUT2D eigenvalue weighted by Gasteiger charge is 2.41. The van der Waals surface area contributed by atoms with Gasteiger partial charge in [0.2, 0.25) is 0 Å². The maximum Gasteiger partial charge on any atom is 0.154 e. The average Bonchev–Trinajstić information content (AvgIpc) is 2.19. The molecule has 1 saturated heterocycles. The van der Waals surface area contributed by atoms with Gasteiger partial charge in [-0.25, -0.2) is 0 Å². The number of aliphatic hydroxyl groups excluding tert-OH is 3. The molecule has 5 atom stereocenters. The molecule has 1 rings (SSSR count). The van der Waals surface area contributed by atoms with Gasteiger partial charge in [-0.3, -0.25) is 0 Å². The van der Waals surface area contributed by atoms with Crippen LogP contribution in [0.1, 0.15) is 0 Å². The van der Waals surface area contributed by atoms with Crippen LogP contribution in [0.2, 0.25) is 0 Å². The molecule has 80 valence electrons. The first-order valence-corrected chi connectivity index (χ1v) is 4.04. The van der Waals surface area contributed by atoms with Gasteiger partial charge in [-0.2, -0.15) is 0 Å². The van der Waals surface area contributed by atoms with Gasteiger partial charge in [0.1, 0.15) is 18.3 Å². The fraction of sp³-hybridized carbons (Fsp3) is 1.00. The van der Waals surface area contributed by atoms with Crippen molar-refractivity contribution in [2.45, 2.75) is 30.6 Å². The van der Waals surface area contributed by atoms with E-state index >= 15 is 0 Å². The van der Waals surface area contributed by atoms with E-state index < -0.39 is 37.2 Å². The molecule has 1 fully saturated rings. The van der Waals surface area contributed by atoms with Gasteiger partial charge in [-0.15, -0.1) is 0 Å². The van der Waals surface area contributed by atoms with Crippen molar-refractivity contribution >= 4 is 0 Å². The molecular formula is C6H12N4O4. The molecule has 1 aliphatic heterocycles. The van der Waals surface area contributed by atoms with E-state index in [4.69, 9.17) is 21.1 Å². The summed E-state index contributed by atoms with van der Waals surface area (Å²) in [6.07, 6.45) is -4.62. The lowest BCUT2D eigenvalue weighted by Gasteiger charge is -2.38. The lowest BCUT2D eigenvalue weighted by atomic mass is 9.97. The first kappa shape index (κ1) is 11.2. The van der Waals surface area contributed by atoms with Crippen molar-refractivity contribution in [2.24, 2.45) is 10.8 Å². The molecular weight excluding hydrogens is 192 g/mol. The molecule has 14 heavy (non-hydrogen) atoms. The van der Waals surface area contributed by atoms with Crippen LogP contribution in [0, 0.1) is 0 Å². The molecule has 5 N–H and O–H groups in total. The van der Waals surface area contributed by atoms with E-state index in [0.29, 0.717) is 0 Å². The van der Waals surface area contributed by atoms with Crippen LogP contribution in [0.15, 0.2) is 5.11 Å². The van der Waals surface area contributed by atoms with Crippen LogP contribution in [-0.2, 0) is 4.74 Å². The first-order valence-electron chi connectivity index (χ1n) is 4.04. The minimum absolute atomic E-state index is 0.484. The van der Waals surface area contributed by atoms with Crippen molar-refractivity contribution in [2.75, 3.05) is 6.61 Å². The Morgan fingerprint density at radius 2 is 2.07 bits per heavy atom. The second kappa shape index (κ2) is 4.56. The van der Waals surface area contributed by atoms with Crippen LogP contribution in [-0.4, -0.2) is 52.5 Å². The first-order chi connectivity index (χ1) is 6.61. The van der Waals surface area contributed by atoms with E-state index in [1.807, 2.05) is 0 Å². The number of aliphatic hydroxyl groups is 3. The molecule has 0 aromatic rings. The van der Waals surface area contributed by atoms with E-state index in [1.165, 1.54) is 0 Å². The molecule has 1 aliphatic rings. The minimum Gasteiger partial charge on any atom is -0.394 e. The van der Waals surface area contributed by atoms with Gasteiger partial charge < -0.3 is 25.8 Å². The average molecular weight is 204 g/mol. The third-order valence-electron chi connectivity index (χ3n) is 2.11. The van der Waals surface area contributed by atoms with Crippen molar-refractivity contribution in [1.82, 2.24) is 0 Å². The quantitative estimate of drug-likeness (QED) is 0.235. The number of rotatable bonds is 2. The summed E-state index contributed by atoms with van der Waals surface area (Å²) in [5.74, 6) is 0. The highest BCUT2D eigenvalue weighted by molar-refractivity contribution is 4.93. The molecule has 0 bridgehead atoms. The second-order valence-corrected chi connectivity index (χ2v) is 3.01. The molecule has 0 spiro atoms. The molecule has 0 aliphatic carbocycles. The number of hydrogen-bond donors (Lipinski definition) is 4. The molecule has 8 heteroatoms. The van der Waals surface area contributed by atoms with Gasteiger partial charge >= 0.3 is 0 Å². The van der Waals surface area contributed by atoms with E-state index in [9.17, 15) is 10.2 Å². The summed E-state index contributed by atoms with van der Waals surface area (Å²) in [7, 11) is 0. The highest BCUT2D eigenvalue weighted by Crippen LogP contribution is 2.20. The predicted octanol–water partition coefficient (Wildman–Crippen LogP) is -1.94. The van der Waals surface area contributed by atoms with E-state index in [2.05, 4.69) is 10.0 Å². The zero-order chi connectivity index (χ0) is 10.7. The number of ether oxygens (including phenoxy) is 1. The standard InChI is InChI=1S/C6H12N4O4/c7-3-5(13)4(12)2(1-11)14-6(3)9-10-8/h2-6,11-13H,1,7H2/t2-,3-,4-,5-,6?/m1/s1. The summed E-state index contributed by atoms with van der Waals surface area (Å²) in [5, 5.41) is 30.7. The van der Waals surface area contributed by atoms with Crippen LogP contribution in [0.25, 0.3) is 10.4 Å². The van der Waals surface area contributed by atoms with Crippen molar-refractivity contribution in [3.8, 4) is 0 Å². The normalized spacial score (nSPS) is 43.0. The number of nitrogens with zero attached hydrogens (tertiary/aromatic N) is 3. The monoisotopic (exact) mass is 204 g/mol. The number of azide groups is 1. The van der Waals surface area contributed by atoms with Gasteiger partial charge in [0, 0.05) is 4.91 Å². The Hall–Kier alpha value is -0.890. The summed E-state index contributed by atoms with van der Waals surface area (Å²) >= 11 is 0. The lowest BCUT2D eigenvalue weighted by molar-refractivity contribution is -0.186. The molecule has 8 nitrogen and oxygen atoms in total. The largest absolute Gasteiger partial charge is 0.394 e. The van der Waals surface area contributed by atoms with Gasteiger partial charge in [-0.05, 0) is 5.53 Å². The van der Waals surface area contributed by atoms with Crippen molar-refractivity contribution in [1.29, 1.82) is 0 Å². The Balaban J connectivity index is 2.77. The van der Waals surface area contributed by atoms with Gasteiger partial charge in [-0.1, -0.05) is 5.11 Å². The van der Waals surface area contributed by atoms with E-state index in [-0.39, 0.29) is 0 Å². The Bertz CT molecular complexity index is 242. The van der Waals surface area contributed by atoms with Gasteiger partial charge in [0.05, 0.1) is 12.6 Å². The van der Waals surface area contributed by atoms with Crippen LogP contribution in [0.5, 0.6) is 0 Å². The maximum atomic E-state index is 9.40. The van der Waals surface area contributed by atoms with Crippen molar-refractivity contribution in [3.63, 3.8) is 0 Å². The second-order valence-electron chi connectivity index (χ2n) is 3.01. The summed E-state index contributed by atoms with van der Waals surface area (Å²) in [6.45, 7) is -0.484. The molecule has 0 radical (unpaired) electrons. The maximum absolute atomic E-state index is 9.40. The molecule has 0 aromatic heterocycles. The molecule has 1 heterocycles. The van der Waals surface area contributed by atoms with Crippen molar-refractivity contribution in [3.05, 3.63) is 10.4 Å². The Morgan fingerprint density at radius 3 is 2.57 bits per heavy atom. The summed E-state index contributed by atoms with van der Waals surface area (Å²) in [6, 6.07) is -0.997. The van der Waals surface area contributed by atoms with Gasteiger partial charge in [0.15, 0.2) is 6.23 Å². The third-order valence-corrected chi connectivity index (χ3v) is 2.11. The summed E-state index contributed by atoms with van der Waals surface area (Å²) < 4.78 is 4.97. The summed E-state index contributed by atoms with van der Waals surface area (Å²) in [5.41, 5.74) is 13.6. The predicted molar refractivity (Wildman–Crippen MR) is 44.9 cm³/mol. The van der Waals surface area contributed by atoms with Crippen molar-refractivity contribution < 1.29 is 20.1 Å². The smallest absolute Gasteiger partial charge is 0.154 e. The zero-order valence-electron chi connectivity index (χ0n) is 7.26. The van der Waals surface area contributed by atoms with Crippen LogP contribution >= 0.6 is 0 Å². The van der Waals surface area contributed by atoms with Crippen LogP contribution in [0.3, 0.4) is 0 Å². The SMILES string of the molecule is [N-]=[N+]=NC1O[C@H](CO)[C@@H](O)[C@H](O)[C@H]1N. The van der Waals surface area contributed by atoms with Crippen LogP contribution in [0.4, 0.5) is 0 Å². The minimum atomic E-state index is -1.28. The third kappa shape index (κ3) is 1.95. The molecule has 1 unspecified atom stereocenters. The fourth-order valence-electron chi connectivity index (χ4n) is 1.27. The van der Waals surface area contributed by atoms with E-state index in [0.717, 1.165) is 0 Å². The Labute approximate surface area is 79.5 Å². The number of hydrogen-bond acceptors (Lipinski definition) is 6. The summed E-state index contributed by atoms with van der Waals surface area (Å²) in [4.78, 5) is 2.48. The van der Waals surface area contributed by atoms with Crippen LogP contribution < -0.4 is 5.73 Å². The topological polar surface area (TPSA) is 145 Å². The zero-order valence-corrected chi connectivity index (χ0v) is 7.26. The fourth-order valence-corrected chi connectivity index (χ4v) is 1.27. The lowest BCUT2D eigenvalue weighted by Crippen LogP contribution is -2.61. The Morgan fingerprint density at radius 1 is 1.43 bits per heavy atom. The molecule has 0 saturated carbocycles.